The van der Waals surface area contributed by atoms with Crippen LogP contribution in [0.4, 0.5) is 0 Å². The number of carbonyl (C=O) groups excluding carboxylic acids is 2. The minimum absolute atomic E-state index is 0.120. The molecule has 2 amide bonds. The second-order valence-electron chi connectivity index (χ2n) is 9.65. The molecule has 0 aromatic heterocycles. The molecule has 0 spiro atoms. The van der Waals surface area contributed by atoms with E-state index >= 15 is 0 Å². The quantitative estimate of drug-likeness (QED) is 0.766. The fourth-order valence-corrected chi connectivity index (χ4v) is 5.88. The third-order valence-electron chi connectivity index (χ3n) is 7.75. The second kappa shape index (κ2) is 9.45. The highest BCUT2D eigenvalue weighted by molar-refractivity contribution is 5.80. The first-order chi connectivity index (χ1) is 15.7. The highest BCUT2D eigenvalue weighted by Crippen LogP contribution is 2.40. The maximum absolute atomic E-state index is 12.9. The summed E-state index contributed by atoms with van der Waals surface area (Å²) in [5.41, 5.74) is 9.77. The summed E-state index contributed by atoms with van der Waals surface area (Å²) in [6.07, 6.45) is 6.95. The lowest BCUT2D eigenvalue weighted by Crippen LogP contribution is -2.55. The van der Waals surface area contributed by atoms with Crippen LogP contribution in [0.15, 0.2) is 54.6 Å². The summed E-state index contributed by atoms with van der Waals surface area (Å²) in [6.45, 7) is 1.68. The van der Waals surface area contributed by atoms with Gasteiger partial charge in [0.25, 0.3) is 0 Å². The number of nitrogens with zero attached hydrogens (tertiary/aromatic N) is 1. The minimum Gasteiger partial charge on any atom is -0.342 e. The van der Waals surface area contributed by atoms with Crippen LogP contribution in [0.2, 0.25) is 0 Å². The molecule has 32 heavy (non-hydrogen) atoms. The Labute approximate surface area is 190 Å². The predicted molar refractivity (Wildman–Crippen MR) is 125 cm³/mol. The molecule has 3 atom stereocenters. The Morgan fingerprint density at radius 3 is 2.34 bits per heavy atom. The van der Waals surface area contributed by atoms with Gasteiger partial charge >= 0.3 is 0 Å². The number of hydrazine groups is 1. The number of amides is 2. The number of fused-ring (bicyclic) bond motifs is 1. The zero-order valence-electron chi connectivity index (χ0n) is 18.6. The number of piperidine rings is 1. The number of likely N-dealkylation sites (tertiary alicyclic amines) is 1. The Balaban J connectivity index is 1.17. The standard InChI is InChI=1S/C27H33N3O2/c31-25(30-16-14-21(15-17-30)20-6-2-1-3-7-20)18-19-10-12-22(13-11-19)26-23-8-4-5-9-24(23)27(32)29-28-26/h1-3,6-7,10-13,21,23-24,26,28H,4-5,8-9,14-18H2,(H,29,32). The zero-order chi connectivity index (χ0) is 21.9. The van der Waals surface area contributed by atoms with Crippen LogP contribution in [-0.2, 0) is 16.0 Å². The average Bonchev–Trinajstić information content (AvgIpc) is 2.86. The van der Waals surface area contributed by atoms with E-state index in [1.165, 1.54) is 17.5 Å². The lowest BCUT2D eigenvalue weighted by atomic mass is 9.72. The molecule has 2 aromatic carbocycles. The SMILES string of the molecule is O=C1NNC(c2ccc(CC(=O)N3CCC(c4ccccc4)CC3)cc2)C2CCCCC12. The summed E-state index contributed by atoms with van der Waals surface area (Å²) in [5.74, 6) is 1.40. The van der Waals surface area contributed by atoms with Crippen molar-refractivity contribution in [2.45, 2.75) is 56.9 Å². The molecule has 2 saturated heterocycles. The zero-order valence-corrected chi connectivity index (χ0v) is 18.6. The van der Waals surface area contributed by atoms with Gasteiger partial charge in [-0.3, -0.25) is 15.0 Å². The molecule has 5 heteroatoms. The van der Waals surface area contributed by atoms with Gasteiger partial charge in [0.05, 0.1) is 12.5 Å². The maximum Gasteiger partial charge on any atom is 0.237 e. The highest BCUT2D eigenvalue weighted by atomic mass is 16.2. The van der Waals surface area contributed by atoms with Crippen LogP contribution >= 0.6 is 0 Å². The number of benzene rings is 2. The van der Waals surface area contributed by atoms with E-state index in [-0.39, 0.29) is 23.8 Å². The molecule has 5 rings (SSSR count). The van der Waals surface area contributed by atoms with Gasteiger partial charge in [-0.1, -0.05) is 67.4 Å². The van der Waals surface area contributed by atoms with E-state index in [0.717, 1.165) is 50.8 Å². The molecule has 3 fully saturated rings. The Kier molecular flexibility index (Phi) is 6.26. The van der Waals surface area contributed by atoms with E-state index in [4.69, 9.17) is 0 Å². The fraction of sp³-hybridized carbons (Fsp3) is 0.481. The highest BCUT2D eigenvalue weighted by Gasteiger charge is 2.40. The van der Waals surface area contributed by atoms with Gasteiger partial charge in [0, 0.05) is 19.0 Å². The smallest absolute Gasteiger partial charge is 0.237 e. The first kappa shape index (κ1) is 21.2. The van der Waals surface area contributed by atoms with Gasteiger partial charge in [-0.15, -0.1) is 0 Å². The number of hydrogen-bond donors (Lipinski definition) is 2. The molecule has 1 saturated carbocycles. The molecule has 2 aromatic rings. The largest absolute Gasteiger partial charge is 0.342 e. The van der Waals surface area contributed by atoms with Crippen LogP contribution in [-0.4, -0.2) is 29.8 Å². The molecule has 3 unspecified atom stereocenters. The van der Waals surface area contributed by atoms with Crippen molar-refractivity contribution in [1.82, 2.24) is 15.8 Å². The van der Waals surface area contributed by atoms with Crippen LogP contribution in [0, 0.1) is 11.8 Å². The molecule has 2 N–H and O–H groups in total. The first-order valence-corrected chi connectivity index (χ1v) is 12.2. The number of rotatable bonds is 4. The van der Waals surface area contributed by atoms with E-state index < -0.39 is 0 Å². The minimum atomic E-state index is 0.120. The van der Waals surface area contributed by atoms with E-state index in [2.05, 4.69) is 65.4 Å². The van der Waals surface area contributed by atoms with E-state index in [0.29, 0.717) is 18.3 Å². The van der Waals surface area contributed by atoms with Gasteiger partial charge in [-0.2, -0.15) is 0 Å². The van der Waals surface area contributed by atoms with Gasteiger partial charge in [0.15, 0.2) is 0 Å². The molecular formula is C27H33N3O2. The van der Waals surface area contributed by atoms with Crippen molar-refractivity contribution in [3.8, 4) is 0 Å². The first-order valence-electron chi connectivity index (χ1n) is 12.2. The normalized spacial score (nSPS) is 26.3. The molecule has 0 radical (unpaired) electrons. The predicted octanol–water partition coefficient (Wildman–Crippen LogP) is 4.12. The molecule has 168 valence electrons. The third kappa shape index (κ3) is 4.44. The lowest BCUT2D eigenvalue weighted by molar-refractivity contribution is -0.133. The lowest BCUT2D eigenvalue weighted by Gasteiger charge is -2.41. The Bertz CT molecular complexity index is 935. The van der Waals surface area contributed by atoms with Crippen LogP contribution < -0.4 is 10.9 Å². The maximum atomic E-state index is 12.9. The van der Waals surface area contributed by atoms with E-state index in [9.17, 15) is 9.59 Å². The van der Waals surface area contributed by atoms with Crippen molar-refractivity contribution in [3.05, 3.63) is 71.3 Å². The summed E-state index contributed by atoms with van der Waals surface area (Å²) in [5, 5.41) is 0. The van der Waals surface area contributed by atoms with Gasteiger partial charge in [0.2, 0.25) is 11.8 Å². The van der Waals surface area contributed by atoms with Crippen LogP contribution in [0.5, 0.6) is 0 Å². The van der Waals surface area contributed by atoms with Crippen molar-refractivity contribution >= 4 is 11.8 Å². The van der Waals surface area contributed by atoms with Crippen LogP contribution in [0.25, 0.3) is 0 Å². The van der Waals surface area contributed by atoms with Gasteiger partial charge in [-0.25, -0.2) is 5.43 Å². The van der Waals surface area contributed by atoms with Gasteiger partial charge < -0.3 is 4.90 Å². The van der Waals surface area contributed by atoms with Crippen molar-refractivity contribution in [2.75, 3.05) is 13.1 Å². The molecule has 5 nitrogen and oxygen atoms in total. The topological polar surface area (TPSA) is 61.4 Å². The number of carbonyl (C=O) groups is 2. The second-order valence-corrected chi connectivity index (χ2v) is 9.65. The van der Waals surface area contributed by atoms with Crippen molar-refractivity contribution in [2.24, 2.45) is 11.8 Å². The Morgan fingerprint density at radius 1 is 0.875 bits per heavy atom. The van der Waals surface area contributed by atoms with Crippen molar-refractivity contribution in [3.63, 3.8) is 0 Å². The van der Waals surface area contributed by atoms with E-state index in [1.807, 2.05) is 4.90 Å². The number of hydrogen-bond acceptors (Lipinski definition) is 3. The Hall–Kier alpha value is -2.66. The van der Waals surface area contributed by atoms with Gasteiger partial charge in [0.1, 0.15) is 0 Å². The summed E-state index contributed by atoms with van der Waals surface area (Å²) in [7, 11) is 0. The molecule has 1 aliphatic carbocycles. The van der Waals surface area contributed by atoms with Crippen LogP contribution in [0.3, 0.4) is 0 Å². The van der Waals surface area contributed by atoms with Crippen LogP contribution in [0.1, 0.15) is 67.2 Å². The van der Waals surface area contributed by atoms with E-state index in [1.54, 1.807) is 0 Å². The summed E-state index contributed by atoms with van der Waals surface area (Å²) >= 11 is 0. The monoisotopic (exact) mass is 431 g/mol. The molecule has 2 heterocycles. The molecule has 2 aliphatic heterocycles. The van der Waals surface area contributed by atoms with Crippen molar-refractivity contribution < 1.29 is 9.59 Å². The van der Waals surface area contributed by atoms with Gasteiger partial charge in [-0.05, 0) is 54.2 Å². The summed E-state index contributed by atoms with van der Waals surface area (Å²) in [4.78, 5) is 27.1. The molecular weight excluding hydrogens is 398 g/mol. The van der Waals surface area contributed by atoms with Crippen molar-refractivity contribution in [1.29, 1.82) is 0 Å². The summed E-state index contributed by atoms with van der Waals surface area (Å²) < 4.78 is 0. The third-order valence-corrected chi connectivity index (χ3v) is 7.75. The average molecular weight is 432 g/mol. The summed E-state index contributed by atoms with van der Waals surface area (Å²) in [6, 6.07) is 19.2. The Morgan fingerprint density at radius 2 is 1.59 bits per heavy atom. The number of nitrogens with one attached hydrogen (secondary N) is 2. The molecule has 3 aliphatic rings. The molecule has 0 bridgehead atoms. The fourth-order valence-electron chi connectivity index (χ4n) is 5.88.